The second-order valence-corrected chi connectivity index (χ2v) is 4.82. The van der Waals surface area contributed by atoms with E-state index in [0.717, 1.165) is 30.3 Å². The van der Waals surface area contributed by atoms with E-state index in [0.29, 0.717) is 6.04 Å². The number of halogens is 1. The predicted molar refractivity (Wildman–Crippen MR) is 75.7 cm³/mol. The molecule has 0 bridgehead atoms. The van der Waals surface area contributed by atoms with Crippen molar-refractivity contribution in [3.63, 3.8) is 0 Å². The Morgan fingerprint density at radius 1 is 1.47 bits per heavy atom. The molecule has 0 aliphatic rings. The highest BCUT2D eigenvalue weighted by Crippen LogP contribution is 2.20. The van der Waals surface area contributed by atoms with Crippen molar-refractivity contribution in [3.8, 4) is 11.8 Å². The third kappa shape index (κ3) is 5.34. The molecule has 2 nitrogen and oxygen atoms in total. The first-order valence-corrected chi connectivity index (χ1v) is 6.80. The van der Waals surface area contributed by atoms with E-state index in [1.165, 1.54) is 5.56 Å². The van der Waals surface area contributed by atoms with Crippen LogP contribution in [0.2, 0.25) is 0 Å². The molecule has 1 unspecified atom stereocenters. The Kier molecular flexibility index (Phi) is 6.91. The van der Waals surface area contributed by atoms with Crippen molar-refractivity contribution in [2.45, 2.75) is 39.2 Å². The monoisotopic (exact) mass is 294 g/mol. The molecule has 1 atom stereocenters. The zero-order chi connectivity index (χ0) is 12.5. The van der Waals surface area contributed by atoms with Gasteiger partial charge in [0.15, 0.2) is 0 Å². The van der Waals surface area contributed by atoms with Gasteiger partial charge in [-0.1, -0.05) is 6.92 Å². The summed E-state index contributed by atoms with van der Waals surface area (Å²) in [5.74, 6) is 6.06. The SMILES string of the molecule is CC#CCCC(NCCC)c1cncc(Br)c1. The van der Waals surface area contributed by atoms with Gasteiger partial charge in [0.2, 0.25) is 0 Å². The third-order valence-electron chi connectivity index (χ3n) is 2.50. The fourth-order valence-corrected chi connectivity index (χ4v) is 2.05. The van der Waals surface area contributed by atoms with Crippen LogP contribution < -0.4 is 5.32 Å². The molecule has 1 aromatic rings. The molecule has 3 heteroatoms. The molecule has 0 fully saturated rings. The Balaban J connectivity index is 2.69. The number of rotatable bonds is 6. The lowest BCUT2D eigenvalue weighted by Gasteiger charge is -2.17. The van der Waals surface area contributed by atoms with Crippen LogP contribution in [0.15, 0.2) is 22.9 Å². The Hall–Kier alpha value is -0.850. The van der Waals surface area contributed by atoms with Crippen molar-refractivity contribution in [1.29, 1.82) is 0 Å². The molecule has 0 amide bonds. The lowest BCUT2D eigenvalue weighted by molar-refractivity contribution is 0.504. The Morgan fingerprint density at radius 2 is 2.29 bits per heavy atom. The van der Waals surface area contributed by atoms with E-state index in [2.05, 4.69) is 51.1 Å². The molecule has 17 heavy (non-hydrogen) atoms. The fourth-order valence-electron chi connectivity index (χ4n) is 1.67. The van der Waals surface area contributed by atoms with E-state index in [9.17, 15) is 0 Å². The first-order valence-electron chi connectivity index (χ1n) is 6.01. The molecule has 92 valence electrons. The molecule has 1 N–H and O–H groups in total. The van der Waals surface area contributed by atoms with Crippen LogP contribution in [0.25, 0.3) is 0 Å². The van der Waals surface area contributed by atoms with Crippen LogP contribution in [0.5, 0.6) is 0 Å². The standard InChI is InChI=1S/C14H19BrN2/c1-3-5-6-7-14(17-8-4-2)12-9-13(15)11-16-10-12/h9-11,14,17H,4,6-8H2,1-2H3. The van der Waals surface area contributed by atoms with Gasteiger partial charge in [0.25, 0.3) is 0 Å². The zero-order valence-corrected chi connectivity index (χ0v) is 12.0. The van der Waals surface area contributed by atoms with E-state index in [4.69, 9.17) is 0 Å². The van der Waals surface area contributed by atoms with Crippen molar-refractivity contribution < 1.29 is 0 Å². The molecule has 1 rings (SSSR count). The summed E-state index contributed by atoms with van der Waals surface area (Å²) in [4.78, 5) is 4.22. The summed E-state index contributed by atoms with van der Waals surface area (Å²) >= 11 is 3.46. The van der Waals surface area contributed by atoms with Crippen molar-refractivity contribution >= 4 is 15.9 Å². The van der Waals surface area contributed by atoms with E-state index < -0.39 is 0 Å². The average molecular weight is 295 g/mol. The van der Waals surface area contributed by atoms with E-state index in [-0.39, 0.29) is 0 Å². The maximum Gasteiger partial charge on any atom is 0.0410 e. The van der Waals surface area contributed by atoms with Gasteiger partial charge in [0, 0.05) is 29.3 Å². The predicted octanol–water partition coefficient (Wildman–Crippen LogP) is 3.69. The highest BCUT2D eigenvalue weighted by atomic mass is 79.9. The van der Waals surface area contributed by atoms with E-state index in [1.54, 1.807) is 0 Å². The molecule has 0 aliphatic heterocycles. The largest absolute Gasteiger partial charge is 0.310 e. The van der Waals surface area contributed by atoms with Crippen LogP contribution in [0.4, 0.5) is 0 Å². The highest BCUT2D eigenvalue weighted by molar-refractivity contribution is 9.10. The third-order valence-corrected chi connectivity index (χ3v) is 2.94. The average Bonchev–Trinajstić information content (AvgIpc) is 2.33. The van der Waals surface area contributed by atoms with Crippen LogP contribution in [0.3, 0.4) is 0 Å². The van der Waals surface area contributed by atoms with Crippen molar-refractivity contribution in [2.24, 2.45) is 0 Å². The van der Waals surface area contributed by atoms with Crippen LogP contribution in [0, 0.1) is 11.8 Å². The van der Waals surface area contributed by atoms with Crippen molar-refractivity contribution in [3.05, 3.63) is 28.5 Å². The maximum atomic E-state index is 4.22. The minimum Gasteiger partial charge on any atom is -0.310 e. The Morgan fingerprint density at radius 3 is 2.94 bits per heavy atom. The van der Waals surface area contributed by atoms with Gasteiger partial charge in [0.1, 0.15) is 0 Å². The molecule has 1 aromatic heterocycles. The lowest BCUT2D eigenvalue weighted by Crippen LogP contribution is -2.22. The van der Waals surface area contributed by atoms with Gasteiger partial charge in [-0.3, -0.25) is 4.98 Å². The molecule has 0 aliphatic carbocycles. The van der Waals surface area contributed by atoms with Crippen molar-refractivity contribution in [1.82, 2.24) is 10.3 Å². The second kappa shape index (κ2) is 8.27. The molecule has 0 radical (unpaired) electrons. The number of hydrogen-bond acceptors (Lipinski definition) is 2. The number of nitrogens with zero attached hydrogens (tertiary/aromatic N) is 1. The van der Waals surface area contributed by atoms with Gasteiger partial charge in [-0.05, 0) is 53.9 Å². The summed E-state index contributed by atoms with van der Waals surface area (Å²) in [5, 5.41) is 3.54. The van der Waals surface area contributed by atoms with Crippen molar-refractivity contribution in [2.75, 3.05) is 6.54 Å². The van der Waals surface area contributed by atoms with Crippen LogP contribution >= 0.6 is 15.9 Å². The molecular formula is C14H19BrN2. The minimum atomic E-state index is 0.348. The van der Waals surface area contributed by atoms with Crippen LogP contribution in [-0.4, -0.2) is 11.5 Å². The maximum absolute atomic E-state index is 4.22. The number of hydrogen-bond donors (Lipinski definition) is 1. The molecule has 1 heterocycles. The lowest BCUT2D eigenvalue weighted by atomic mass is 10.0. The zero-order valence-electron chi connectivity index (χ0n) is 10.5. The van der Waals surface area contributed by atoms with Gasteiger partial charge >= 0.3 is 0 Å². The first-order chi connectivity index (χ1) is 8.27. The first kappa shape index (κ1) is 14.2. The van der Waals surface area contributed by atoms with Gasteiger partial charge < -0.3 is 5.32 Å². The second-order valence-electron chi connectivity index (χ2n) is 3.91. The normalized spacial score (nSPS) is 11.7. The van der Waals surface area contributed by atoms with Gasteiger partial charge in [-0.2, -0.15) is 0 Å². The summed E-state index contributed by atoms with van der Waals surface area (Å²) in [6, 6.07) is 2.47. The molecule has 0 saturated carbocycles. The Bertz CT molecular complexity index is 393. The number of nitrogens with one attached hydrogen (secondary N) is 1. The minimum absolute atomic E-state index is 0.348. The summed E-state index contributed by atoms with van der Waals surface area (Å²) in [6.07, 6.45) is 6.82. The molecule has 0 saturated heterocycles. The Labute approximate surface area is 112 Å². The van der Waals surface area contributed by atoms with Crippen LogP contribution in [0.1, 0.15) is 44.7 Å². The summed E-state index contributed by atoms with van der Waals surface area (Å²) in [7, 11) is 0. The smallest absolute Gasteiger partial charge is 0.0410 e. The summed E-state index contributed by atoms with van der Waals surface area (Å²) < 4.78 is 1.03. The van der Waals surface area contributed by atoms with E-state index >= 15 is 0 Å². The molecular weight excluding hydrogens is 276 g/mol. The number of aromatic nitrogens is 1. The quantitative estimate of drug-likeness (QED) is 0.810. The van der Waals surface area contributed by atoms with E-state index in [1.807, 2.05) is 19.3 Å². The van der Waals surface area contributed by atoms with Crippen LogP contribution in [-0.2, 0) is 0 Å². The number of pyridine rings is 1. The summed E-state index contributed by atoms with van der Waals surface area (Å²) in [6.45, 7) is 5.08. The topological polar surface area (TPSA) is 24.9 Å². The van der Waals surface area contributed by atoms with Gasteiger partial charge in [-0.25, -0.2) is 0 Å². The van der Waals surface area contributed by atoms with Gasteiger partial charge in [-0.15, -0.1) is 11.8 Å². The van der Waals surface area contributed by atoms with Gasteiger partial charge in [0.05, 0.1) is 0 Å². The molecule has 0 aromatic carbocycles. The molecule has 0 spiro atoms. The highest BCUT2D eigenvalue weighted by Gasteiger charge is 2.10. The fraction of sp³-hybridized carbons (Fsp3) is 0.500. The summed E-state index contributed by atoms with van der Waals surface area (Å²) in [5.41, 5.74) is 1.23.